The van der Waals surface area contributed by atoms with Crippen LogP contribution < -0.4 is 20.9 Å². The molecule has 0 radical (unpaired) electrons. The van der Waals surface area contributed by atoms with Crippen molar-refractivity contribution in [2.24, 2.45) is 11.8 Å². The molecular weight excluding hydrogens is 539 g/mol. The van der Waals surface area contributed by atoms with Crippen molar-refractivity contribution in [3.63, 3.8) is 0 Å². The van der Waals surface area contributed by atoms with E-state index >= 15 is 0 Å². The van der Waals surface area contributed by atoms with Gasteiger partial charge in [0, 0.05) is 31.9 Å². The number of hydrogen-bond donors (Lipinski definition) is 3. The van der Waals surface area contributed by atoms with Gasteiger partial charge in [0.25, 0.3) is 5.91 Å². The maximum absolute atomic E-state index is 14.1. The first-order valence-corrected chi connectivity index (χ1v) is 15.0. The Hall–Kier alpha value is -3.54. The lowest BCUT2D eigenvalue weighted by atomic mass is 10.0. The van der Waals surface area contributed by atoms with E-state index in [1.807, 2.05) is 25.2 Å². The van der Waals surface area contributed by atoms with Gasteiger partial charge in [0.15, 0.2) is 12.0 Å². The molecule has 4 rings (SSSR count). The highest BCUT2D eigenvalue weighted by atomic mass is 19.1. The largest absolute Gasteiger partial charge is 0.372 e. The van der Waals surface area contributed by atoms with Gasteiger partial charge in [0.1, 0.15) is 11.9 Å². The van der Waals surface area contributed by atoms with Crippen LogP contribution in [0.25, 0.3) is 16.7 Å². The number of fused-ring (bicyclic) bond motifs is 3. The third kappa shape index (κ3) is 7.26. The SMILES string of the molecule is Cc1nnc2c(NCCCCNC(=O)C(NC(=O)[C@@H](F)C(C)C)C(C)C)nc3cc(N4CC(C)OC(C)C4)ccc3n12. The summed E-state index contributed by atoms with van der Waals surface area (Å²) in [7, 11) is 0. The average molecular weight is 585 g/mol. The fraction of sp³-hybridized carbons (Fsp3) is 0.633. The van der Waals surface area contributed by atoms with Crippen LogP contribution in [0.15, 0.2) is 18.2 Å². The number of aromatic nitrogens is 4. The van der Waals surface area contributed by atoms with E-state index < -0.39 is 24.0 Å². The summed E-state index contributed by atoms with van der Waals surface area (Å²) in [4.78, 5) is 32.1. The Morgan fingerprint density at radius 1 is 1.02 bits per heavy atom. The Morgan fingerprint density at radius 2 is 1.71 bits per heavy atom. The number of carbonyl (C=O) groups is 2. The quantitative estimate of drug-likeness (QED) is 0.276. The lowest BCUT2D eigenvalue weighted by Crippen LogP contribution is -2.52. The number of anilines is 2. The van der Waals surface area contributed by atoms with Gasteiger partial charge in [0.2, 0.25) is 11.6 Å². The molecule has 42 heavy (non-hydrogen) atoms. The molecule has 230 valence electrons. The van der Waals surface area contributed by atoms with Crippen molar-refractivity contribution in [1.29, 1.82) is 0 Å². The van der Waals surface area contributed by atoms with Crippen molar-refractivity contribution in [3.8, 4) is 0 Å². The fourth-order valence-corrected chi connectivity index (χ4v) is 5.32. The van der Waals surface area contributed by atoms with Gasteiger partial charge in [-0.2, -0.15) is 0 Å². The van der Waals surface area contributed by atoms with Crippen LogP contribution in [-0.2, 0) is 14.3 Å². The molecule has 4 atom stereocenters. The van der Waals surface area contributed by atoms with Gasteiger partial charge >= 0.3 is 0 Å². The molecule has 12 heteroatoms. The molecule has 1 aromatic carbocycles. The van der Waals surface area contributed by atoms with Gasteiger partial charge in [-0.05, 0) is 63.6 Å². The molecule has 3 aromatic rings. The number of nitrogens with zero attached hydrogens (tertiary/aromatic N) is 5. The van der Waals surface area contributed by atoms with Crippen LogP contribution in [0.4, 0.5) is 15.9 Å². The number of alkyl halides is 1. The third-order valence-electron chi connectivity index (χ3n) is 7.53. The van der Waals surface area contributed by atoms with Gasteiger partial charge in [-0.15, -0.1) is 10.2 Å². The minimum Gasteiger partial charge on any atom is -0.372 e. The Bertz CT molecular complexity index is 1380. The summed E-state index contributed by atoms with van der Waals surface area (Å²) in [5.74, 6) is -0.238. The first-order chi connectivity index (χ1) is 20.0. The zero-order valence-corrected chi connectivity index (χ0v) is 25.8. The van der Waals surface area contributed by atoms with Gasteiger partial charge in [-0.3, -0.25) is 14.0 Å². The smallest absolute Gasteiger partial charge is 0.255 e. The number of benzene rings is 1. The number of ether oxygens (including phenoxy) is 1. The minimum absolute atomic E-state index is 0.157. The van der Waals surface area contributed by atoms with E-state index in [0.717, 1.165) is 42.1 Å². The molecule has 2 aromatic heterocycles. The summed E-state index contributed by atoms with van der Waals surface area (Å²) in [5.41, 5.74) is 3.56. The van der Waals surface area contributed by atoms with E-state index in [-0.39, 0.29) is 24.0 Å². The van der Waals surface area contributed by atoms with Crippen LogP contribution in [0, 0.1) is 18.8 Å². The zero-order valence-electron chi connectivity index (χ0n) is 25.8. The summed E-state index contributed by atoms with van der Waals surface area (Å²) in [6, 6.07) is 5.51. The molecule has 1 fully saturated rings. The number of aryl methyl sites for hydroxylation is 1. The Labute approximate surface area is 247 Å². The summed E-state index contributed by atoms with van der Waals surface area (Å²) < 4.78 is 22.0. The van der Waals surface area contributed by atoms with E-state index in [1.54, 1.807) is 13.8 Å². The van der Waals surface area contributed by atoms with Crippen molar-refractivity contribution >= 4 is 40.0 Å². The molecule has 2 amide bonds. The normalized spacial score (nSPS) is 19.0. The molecule has 1 aliphatic heterocycles. The first kappa shape index (κ1) is 31.4. The number of halogens is 1. The maximum atomic E-state index is 14.1. The predicted molar refractivity (Wildman–Crippen MR) is 162 cm³/mol. The second-order valence-corrected chi connectivity index (χ2v) is 12.0. The van der Waals surface area contributed by atoms with Crippen molar-refractivity contribution in [1.82, 2.24) is 30.2 Å². The maximum Gasteiger partial charge on any atom is 0.255 e. The van der Waals surface area contributed by atoms with E-state index in [1.165, 1.54) is 0 Å². The molecule has 1 aliphatic rings. The molecule has 0 saturated carbocycles. The fourth-order valence-electron chi connectivity index (χ4n) is 5.32. The average Bonchev–Trinajstić information content (AvgIpc) is 3.33. The lowest BCUT2D eigenvalue weighted by molar-refractivity contribution is -0.133. The Balaban J connectivity index is 1.36. The van der Waals surface area contributed by atoms with E-state index in [9.17, 15) is 14.0 Å². The number of amides is 2. The summed E-state index contributed by atoms with van der Waals surface area (Å²) in [6.45, 7) is 15.7. The third-order valence-corrected chi connectivity index (χ3v) is 7.53. The number of morpholine rings is 1. The van der Waals surface area contributed by atoms with Crippen molar-refractivity contribution in [2.45, 2.75) is 85.7 Å². The van der Waals surface area contributed by atoms with Crippen LogP contribution in [0.2, 0.25) is 0 Å². The summed E-state index contributed by atoms with van der Waals surface area (Å²) in [6.07, 6.45) is 0.144. The summed E-state index contributed by atoms with van der Waals surface area (Å²) >= 11 is 0. The standard InChI is InChI=1S/C30H45FN8O3/c1-17(2)25(31)29(40)35-26(18(3)4)30(41)33-13-9-8-12-32-27-28-37-36-21(7)39(28)24-11-10-22(14-23(24)34-27)38-15-19(5)42-20(6)16-38/h10-11,14,17-20,25-26H,8-9,12-13,15-16H2,1-7H3,(H,32,34)(H,33,41)(H,35,40)/t19?,20?,25-,26?/m0/s1. The van der Waals surface area contributed by atoms with Crippen molar-refractivity contribution in [2.75, 3.05) is 36.4 Å². The molecule has 0 bridgehead atoms. The minimum atomic E-state index is -1.65. The predicted octanol–water partition coefficient (Wildman–Crippen LogP) is 3.64. The van der Waals surface area contributed by atoms with E-state index in [4.69, 9.17) is 9.72 Å². The molecule has 0 aliphatic carbocycles. The molecule has 3 N–H and O–H groups in total. The van der Waals surface area contributed by atoms with Crippen molar-refractivity contribution in [3.05, 3.63) is 24.0 Å². The summed E-state index contributed by atoms with van der Waals surface area (Å²) in [5, 5.41) is 17.5. The molecule has 0 spiro atoms. The topological polar surface area (TPSA) is 126 Å². The highest BCUT2D eigenvalue weighted by Gasteiger charge is 2.29. The number of carbonyl (C=O) groups excluding carboxylic acids is 2. The molecule has 11 nitrogen and oxygen atoms in total. The van der Waals surface area contributed by atoms with Crippen LogP contribution >= 0.6 is 0 Å². The van der Waals surface area contributed by atoms with Crippen LogP contribution in [0.5, 0.6) is 0 Å². The van der Waals surface area contributed by atoms with Crippen LogP contribution in [0.1, 0.15) is 60.2 Å². The Kier molecular flexibility index (Phi) is 10.2. The van der Waals surface area contributed by atoms with Gasteiger partial charge in [0.05, 0.1) is 23.2 Å². The molecule has 3 unspecified atom stereocenters. The Morgan fingerprint density at radius 3 is 2.38 bits per heavy atom. The lowest BCUT2D eigenvalue weighted by Gasteiger charge is -2.36. The van der Waals surface area contributed by atoms with Crippen LogP contribution in [0.3, 0.4) is 0 Å². The second-order valence-electron chi connectivity index (χ2n) is 12.0. The van der Waals surface area contributed by atoms with Gasteiger partial charge < -0.3 is 25.6 Å². The highest BCUT2D eigenvalue weighted by molar-refractivity contribution is 5.89. The highest BCUT2D eigenvalue weighted by Crippen LogP contribution is 2.27. The second kappa shape index (κ2) is 13.6. The van der Waals surface area contributed by atoms with Gasteiger partial charge in [-0.1, -0.05) is 27.7 Å². The monoisotopic (exact) mass is 584 g/mol. The molecular formula is C30H45FN8O3. The zero-order chi connectivity index (χ0) is 30.6. The number of rotatable bonds is 12. The number of hydrogen-bond acceptors (Lipinski definition) is 8. The van der Waals surface area contributed by atoms with E-state index in [0.29, 0.717) is 31.0 Å². The van der Waals surface area contributed by atoms with E-state index in [2.05, 4.69) is 63.1 Å². The molecule has 1 saturated heterocycles. The number of unbranched alkanes of at least 4 members (excludes halogenated alkanes) is 1. The van der Waals surface area contributed by atoms with Crippen LogP contribution in [-0.4, -0.2) is 82.0 Å². The first-order valence-electron chi connectivity index (χ1n) is 15.0. The van der Waals surface area contributed by atoms with Crippen molar-refractivity contribution < 1.29 is 18.7 Å². The molecule has 3 heterocycles. The van der Waals surface area contributed by atoms with Gasteiger partial charge in [-0.25, -0.2) is 9.37 Å². The number of nitrogens with one attached hydrogen (secondary N) is 3.